The fourth-order valence-corrected chi connectivity index (χ4v) is 4.43. The van der Waals surface area contributed by atoms with Crippen LogP contribution in [0.2, 0.25) is 0 Å². The first-order valence-corrected chi connectivity index (χ1v) is 9.37. The van der Waals surface area contributed by atoms with Gasteiger partial charge in [0.05, 0.1) is 6.26 Å². The van der Waals surface area contributed by atoms with Crippen LogP contribution >= 0.6 is 0 Å². The zero-order chi connectivity index (χ0) is 20.1. The Hall–Kier alpha value is -3.21. The Bertz CT molecular complexity index is 1120. The van der Waals surface area contributed by atoms with E-state index >= 15 is 0 Å². The summed E-state index contributed by atoms with van der Waals surface area (Å²) < 4.78 is 6.89. The van der Waals surface area contributed by atoms with Gasteiger partial charge in [0.1, 0.15) is 5.69 Å². The summed E-state index contributed by atoms with van der Waals surface area (Å²) in [4.78, 5) is 27.3. The van der Waals surface area contributed by atoms with Gasteiger partial charge in [0.15, 0.2) is 11.5 Å². The summed E-state index contributed by atoms with van der Waals surface area (Å²) in [7, 11) is 0. The maximum Gasteiger partial charge on any atom is 0.315 e. The van der Waals surface area contributed by atoms with Crippen LogP contribution < -0.4 is 10.8 Å². The molecule has 0 aromatic carbocycles. The molecule has 0 radical (unpaired) electrons. The number of nitrogens with zero attached hydrogens (tertiary/aromatic N) is 3. The van der Waals surface area contributed by atoms with Gasteiger partial charge in [-0.3, -0.25) is 14.7 Å². The van der Waals surface area contributed by atoms with E-state index in [-0.39, 0.29) is 23.4 Å². The van der Waals surface area contributed by atoms with Crippen molar-refractivity contribution in [3.05, 3.63) is 63.5 Å². The lowest BCUT2D eigenvalue weighted by Gasteiger charge is -2.42. The zero-order valence-electron chi connectivity index (χ0n) is 15.4. The number of pyridine rings is 1. The molecule has 2 bridgehead atoms. The van der Waals surface area contributed by atoms with E-state index in [2.05, 4.69) is 10.2 Å². The Morgan fingerprint density at radius 1 is 1.31 bits per heavy atom. The molecule has 0 saturated carbocycles. The number of carbonyl (C=O) groups is 1. The molecule has 5 rings (SSSR count). The van der Waals surface area contributed by atoms with Crippen molar-refractivity contribution in [2.45, 2.75) is 18.9 Å². The molecule has 0 spiro atoms. The Labute approximate surface area is 164 Å². The van der Waals surface area contributed by atoms with E-state index in [1.807, 2.05) is 0 Å². The van der Waals surface area contributed by atoms with Crippen LogP contribution in [0.4, 0.5) is 5.69 Å². The van der Waals surface area contributed by atoms with Gasteiger partial charge in [-0.25, -0.2) is 5.21 Å². The minimum atomic E-state index is -1.22. The highest BCUT2D eigenvalue weighted by molar-refractivity contribution is 5.93. The van der Waals surface area contributed by atoms with Crippen LogP contribution in [-0.4, -0.2) is 43.9 Å². The fraction of sp³-hybridized carbons (Fsp3) is 0.316. The molecule has 5 heterocycles. The summed E-state index contributed by atoms with van der Waals surface area (Å²) in [5.41, 5.74) is 1.04. The number of nitrogens with one attached hydrogen (secondary N) is 2. The quantitative estimate of drug-likeness (QED) is 0.551. The van der Waals surface area contributed by atoms with Crippen LogP contribution in [0.3, 0.4) is 0 Å². The Balaban J connectivity index is 1.40. The van der Waals surface area contributed by atoms with Crippen molar-refractivity contribution >= 4 is 11.6 Å². The zero-order valence-corrected chi connectivity index (χ0v) is 15.4. The third kappa shape index (κ3) is 2.97. The highest BCUT2D eigenvalue weighted by Crippen LogP contribution is 2.35. The molecule has 2 aliphatic rings. The predicted molar refractivity (Wildman–Crippen MR) is 99.5 cm³/mol. The van der Waals surface area contributed by atoms with Crippen LogP contribution in [0.1, 0.15) is 28.5 Å². The van der Waals surface area contributed by atoms with Gasteiger partial charge in [0.2, 0.25) is 5.69 Å². The average Bonchev–Trinajstić information content (AvgIpc) is 3.39. The molecule has 150 valence electrons. The smallest absolute Gasteiger partial charge is 0.315 e. The molecule has 29 heavy (non-hydrogen) atoms. The normalized spacial score (nSPS) is 21.7. The number of amides is 1. The Morgan fingerprint density at radius 3 is 2.93 bits per heavy atom. The van der Waals surface area contributed by atoms with E-state index in [1.165, 1.54) is 6.07 Å². The van der Waals surface area contributed by atoms with Crippen molar-refractivity contribution in [3.8, 4) is 11.5 Å². The molecule has 1 unspecified atom stereocenters. The standard InChI is InChI=1S/C19H19N5O5/c25-18(14-7-13(20-21-14)17-2-1-5-29-17)22-8-11-6-12(10-22)15-3-4-16(24(27)28)19(26)23(15)9-11/h1-5,7,11-12,24,27H,6,8-10H2,(H,20,21)/t11-,12-/m0/s1. The molecule has 1 amide bonds. The van der Waals surface area contributed by atoms with Gasteiger partial charge in [0, 0.05) is 43.4 Å². The van der Waals surface area contributed by atoms with E-state index in [4.69, 9.17) is 4.42 Å². The second kappa shape index (κ2) is 6.69. The van der Waals surface area contributed by atoms with Crippen molar-refractivity contribution in [2.24, 2.45) is 5.92 Å². The van der Waals surface area contributed by atoms with Gasteiger partial charge in [-0.05, 0) is 30.5 Å². The van der Waals surface area contributed by atoms with Crippen molar-refractivity contribution in [1.82, 2.24) is 19.7 Å². The monoisotopic (exact) mass is 397 g/mol. The minimum absolute atomic E-state index is 0.00881. The first kappa shape index (κ1) is 17.9. The second-order valence-corrected chi connectivity index (χ2v) is 7.55. The van der Waals surface area contributed by atoms with Gasteiger partial charge < -0.3 is 19.1 Å². The van der Waals surface area contributed by atoms with Crippen LogP contribution in [0.15, 0.2) is 45.8 Å². The third-order valence-corrected chi connectivity index (χ3v) is 5.71. The molecule has 3 aromatic rings. The molecule has 10 nitrogen and oxygen atoms in total. The lowest BCUT2D eigenvalue weighted by Crippen LogP contribution is -3.00. The maximum atomic E-state index is 13.0. The van der Waals surface area contributed by atoms with Crippen molar-refractivity contribution < 1.29 is 19.6 Å². The number of fused-ring (bicyclic) bond motifs is 4. The fourth-order valence-electron chi connectivity index (χ4n) is 4.43. The van der Waals surface area contributed by atoms with Crippen molar-refractivity contribution in [1.29, 1.82) is 0 Å². The molecule has 1 fully saturated rings. The molecule has 3 N–H and O–H groups in total. The number of carbonyl (C=O) groups excluding carboxylic acids is 1. The molecule has 1 saturated heterocycles. The minimum Gasteiger partial charge on any atom is -0.595 e. The molecule has 0 aliphatic carbocycles. The number of rotatable bonds is 3. The second-order valence-electron chi connectivity index (χ2n) is 7.55. The number of piperidine rings is 1. The number of likely N-dealkylation sites (tertiary alicyclic amines) is 1. The summed E-state index contributed by atoms with van der Waals surface area (Å²) in [6, 6.07) is 8.28. The van der Waals surface area contributed by atoms with Crippen LogP contribution in [-0.2, 0) is 6.54 Å². The lowest BCUT2D eigenvalue weighted by atomic mass is 9.83. The Kier molecular flexibility index (Phi) is 4.12. The summed E-state index contributed by atoms with van der Waals surface area (Å²) >= 11 is 0. The van der Waals surface area contributed by atoms with Gasteiger partial charge in [-0.15, -0.1) is 0 Å². The van der Waals surface area contributed by atoms with Crippen molar-refractivity contribution in [3.63, 3.8) is 0 Å². The first-order valence-electron chi connectivity index (χ1n) is 9.37. The molecule has 3 atom stereocenters. The van der Waals surface area contributed by atoms with E-state index < -0.39 is 10.8 Å². The molecule has 10 heteroatoms. The number of hydrogen-bond acceptors (Lipinski definition) is 6. The van der Waals surface area contributed by atoms with E-state index in [0.29, 0.717) is 36.8 Å². The number of H-pyrrole nitrogens is 1. The van der Waals surface area contributed by atoms with E-state index in [1.54, 1.807) is 40.0 Å². The summed E-state index contributed by atoms with van der Waals surface area (Å²) in [6.45, 7) is 1.37. The predicted octanol–water partition coefficient (Wildman–Crippen LogP) is 0.494. The van der Waals surface area contributed by atoms with Crippen LogP contribution in [0, 0.1) is 11.1 Å². The molecular weight excluding hydrogens is 378 g/mol. The number of furan rings is 1. The molecular formula is C19H19N5O5. The summed E-state index contributed by atoms with van der Waals surface area (Å²) in [5, 5.41) is 26.2. The van der Waals surface area contributed by atoms with E-state index in [0.717, 1.165) is 12.1 Å². The number of hydrogen-bond donors (Lipinski definition) is 3. The van der Waals surface area contributed by atoms with Gasteiger partial charge in [-0.1, -0.05) is 0 Å². The molecule has 3 aromatic heterocycles. The SMILES string of the molecule is O=C(c1cc(-c2ccco2)[nH]n1)N1C[C@@H]2C[C@@H](C1)c1ccc([NH+]([O-])O)c(=O)n1C2. The number of aromatic nitrogens is 3. The van der Waals surface area contributed by atoms with Gasteiger partial charge in [-0.2, -0.15) is 10.3 Å². The average molecular weight is 397 g/mol. The summed E-state index contributed by atoms with van der Waals surface area (Å²) in [5.74, 6) is 0.516. The summed E-state index contributed by atoms with van der Waals surface area (Å²) in [6.07, 6.45) is 2.42. The lowest BCUT2D eigenvalue weighted by molar-refractivity contribution is -0.992. The van der Waals surface area contributed by atoms with Crippen molar-refractivity contribution in [2.75, 3.05) is 13.1 Å². The topological polar surface area (TPSA) is 132 Å². The highest BCUT2D eigenvalue weighted by atomic mass is 16.8. The van der Waals surface area contributed by atoms with Gasteiger partial charge in [0.25, 0.3) is 5.91 Å². The van der Waals surface area contributed by atoms with Crippen LogP contribution in [0.5, 0.6) is 0 Å². The van der Waals surface area contributed by atoms with E-state index in [9.17, 15) is 20.0 Å². The first-order chi connectivity index (χ1) is 14.0. The molecule has 2 aliphatic heterocycles. The maximum absolute atomic E-state index is 13.0. The largest absolute Gasteiger partial charge is 0.595 e. The van der Waals surface area contributed by atoms with Crippen LogP contribution in [0.25, 0.3) is 11.5 Å². The number of quaternary nitrogens is 1. The third-order valence-electron chi connectivity index (χ3n) is 5.71. The highest BCUT2D eigenvalue weighted by Gasteiger charge is 2.37. The number of aromatic amines is 1. The Morgan fingerprint density at radius 2 is 2.17 bits per heavy atom. The van der Waals surface area contributed by atoms with Gasteiger partial charge >= 0.3 is 5.56 Å².